The Kier molecular flexibility index (Phi) is 4.41. The summed E-state index contributed by atoms with van der Waals surface area (Å²) in [6.45, 7) is 2.60. The van der Waals surface area contributed by atoms with Gasteiger partial charge in [0.1, 0.15) is 18.5 Å². The molecule has 0 amide bonds. The molecule has 2 aromatic carbocycles. The van der Waals surface area contributed by atoms with Crippen molar-refractivity contribution in [3.05, 3.63) is 64.3 Å². The summed E-state index contributed by atoms with van der Waals surface area (Å²) < 4.78 is 33.8. The standard InChI is InChI=1S/C18H13ClF2N2O/c1-11-8-14-16(4-2-12(10-22)18(14)19)23(11)6-7-24-17-5-3-13(20)9-15(17)21/h2-5,8-9H,6-7H2,1H3. The van der Waals surface area contributed by atoms with Crippen molar-refractivity contribution in [2.45, 2.75) is 13.5 Å². The molecule has 0 atom stereocenters. The van der Waals surface area contributed by atoms with Crippen molar-refractivity contribution in [3.63, 3.8) is 0 Å². The van der Waals surface area contributed by atoms with E-state index in [1.165, 1.54) is 6.07 Å². The number of ether oxygens (including phenoxy) is 1. The summed E-state index contributed by atoms with van der Waals surface area (Å²) in [5.41, 5.74) is 2.25. The predicted molar refractivity (Wildman–Crippen MR) is 88.3 cm³/mol. The Morgan fingerprint density at radius 1 is 1.21 bits per heavy atom. The average molecular weight is 347 g/mol. The number of fused-ring (bicyclic) bond motifs is 1. The molecule has 3 rings (SSSR count). The first kappa shape index (κ1) is 16.3. The smallest absolute Gasteiger partial charge is 0.167 e. The second kappa shape index (κ2) is 6.50. The Balaban J connectivity index is 1.82. The molecule has 122 valence electrons. The topological polar surface area (TPSA) is 38.0 Å². The van der Waals surface area contributed by atoms with E-state index < -0.39 is 11.6 Å². The summed E-state index contributed by atoms with van der Waals surface area (Å²) in [4.78, 5) is 0. The molecule has 24 heavy (non-hydrogen) atoms. The Bertz CT molecular complexity index is 960. The third kappa shape index (κ3) is 2.93. The Morgan fingerprint density at radius 3 is 2.71 bits per heavy atom. The zero-order valence-electron chi connectivity index (χ0n) is 12.8. The van der Waals surface area contributed by atoms with E-state index in [1.807, 2.05) is 23.6 Å². The summed E-state index contributed by atoms with van der Waals surface area (Å²) in [5.74, 6) is -1.36. The second-order valence-electron chi connectivity index (χ2n) is 5.33. The third-order valence-corrected chi connectivity index (χ3v) is 4.22. The van der Waals surface area contributed by atoms with Gasteiger partial charge in [0.25, 0.3) is 0 Å². The molecule has 0 aliphatic rings. The first-order chi connectivity index (χ1) is 11.5. The normalized spacial score (nSPS) is 10.8. The number of benzene rings is 2. The Labute approximate surface area is 142 Å². The van der Waals surface area contributed by atoms with Crippen LogP contribution in [0.3, 0.4) is 0 Å². The summed E-state index contributed by atoms with van der Waals surface area (Å²) in [5, 5.41) is 10.3. The first-order valence-corrected chi connectivity index (χ1v) is 7.65. The molecule has 0 saturated heterocycles. The van der Waals surface area contributed by atoms with Gasteiger partial charge in [-0.3, -0.25) is 0 Å². The molecule has 3 nitrogen and oxygen atoms in total. The van der Waals surface area contributed by atoms with Crippen molar-refractivity contribution in [2.75, 3.05) is 6.61 Å². The molecule has 0 spiro atoms. The van der Waals surface area contributed by atoms with Crippen LogP contribution in [-0.2, 0) is 6.54 Å². The van der Waals surface area contributed by atoms with Gasteiger partial charge in [0, 0.05) is 22.7 Å². The lowest BCUT2D eigenvalue weighted by molar-refractivity contribution is 0.284. The predicted octanol–water partition coefficient (Wildman–Crippen LogP) is 4.83. The number of halogens is 3. The lowest BCUT2D eigenvalue weighted by Gasteiger charge is -2.11. The van der Waals surface area contributed by atoms with Gasteiger partial charge in [0.05, 0.1) is 17.1 Å². The van der Waals surface area contributed by atoms with Crippen molar-refractivity contribution < 1.29 is 13.5 Å². The van der Waals surface area contributed by atoms with Crippen LogP contribution < -0.4 is 4.74 Å². The van der Waals surface area contributed by atoms with E-state index in [2.05, 4.69) is 6.07 Å². The molecule has 6 heteroatoms. The average Bonchev–Trinajstić information content (AvgIpc) is 2.87. The minimum atomic E-state index is -0.731. The fourth-order valence-corrected chi connectivity index (χ4v) is 2.91. The van der Waals surface area contributed by atoms with Crippen LogP contribution in [0.2, 0.25) is 5.02 Å². The number of hydrogen-bond acceptors (Lipinski definition) is 2. The number of rotatable bonds is 4. The van der Waals surface area contributed by atoms with E-state index in [4.69, 9.17) is 21.6 Å². The quantitative estimate of drug-likeness (QED) is 0.678. The molecule has 0 aliphatic heterocycles. The number of nitrogens with zero attached hydrogens (tertiary/aromatic N) is 2. The van der Waals surface area contributed by atoms with Gasteiger partial charge in [-0.25, -0.2) is 8.78 Å². The fraction of sp³-hybridized carbons (Fsp3) is 0.167. The zero-order valence-corrected chi connectivity index (χ0v) is 13.6. The van der Waals surface area contributed by atoms with Gasteiger partial charge < -0.3 is 9.30 Å². The van der Waals surface area contributed by atoms with E-state index in [0.29, 0.717) is 17.1 Å². The van der Waals surface area contributed by atoms with Gasteiger partial charge in [-0.1, -0.05) is 11.6 Å². The molecule has 1 aromatic heterocycles. The van der Waals surface area contributed by atoms with Crippen molar-refractivity contribution in [3.8, 4) is 11.8 Å². The maximum absolute atomic E-state index is 13.6. The summed E-state index contributed by atoms with van der Waals surface area (Å²) in [6.07, 6.45) is 0. The van der Waals surface area contributed by atoms with E-state index in [1.54, 1.807) is 6.07 Å². The number of aromatic nitrogens is 1. The van der Waals surface area contributed by atoms with Crippen LogP contribution in [0.5, 0.6) is 5.75 Å². The van der Waals surface area contributed by atoms with Gasteiger partial charge >= 0.3 is 0 Å². The van der Waals surface area contributed by atoms with Crippen molar-refractivity contribution in [1.82, 2.24) is 4.57 Å². The van der Waals surface area contributed by atoms with Crippen LogP contribution >= 0.6 is 11.6 Å². The molecule has 0 N–H and O–H groups in total. The minimum absolute atomic E-state index is 0.00955. The van der Waals surface area contributed by atoms with Crippen LogP contribution in [0.25, 0.3) is 10.9 Å². The summed E-state index contributed by atoms with van der Waals surface area (Å²) in [6, 6.07) is 10.6. The Morgan fingerprint density at radius 2 is 2.00 bits per heavy atom. The largest absolute Gasteiger partial charge is 0.489 e. The van der Waals surface area contributed by atoms with E-state index in [9.17, 15) is 8.78 Å². The van der Waals surface area contributed by atoms with Crippen LogP contribution in [-0.4, -0.2) is 11.2 Å². The van der Waals surface area contributed by atoms with Crippen LogP contribution in [0, 0.1) is 29.9 Å². The highest BCUT2D eigenvalue weighted by Crippen LogP contribution is 2.29. The number of hydrogen-bond donors (Lipinski definition) is 0. The monoisotopic (exact) mass is 346 g/mol. The van der Waals surface area contributed by atoms with Gasteiger partial charge in [-0.05, 0) is 37.3 Å². The molecule has 0 aliphatic carbocycles. The highest BCUT2D eigenvalue weighted by Gasteiger charge is 2.12. The van der Waals surface area contributed by atoms with Gasteiger partial charge in [-0.15, -0.1) is 0 Å². The van der Waals surface area contributed by atoms with Crippen LogP contribution in [0.15, 0.2) is 36.4 Å². The molecular weight excluding hydrogens is 334 g/mol. The second-order valence-corrected chi connectivity index (χ2v) is 5.71. The first-order valence-electron chi connectivity index (χ1n) is 7.27. The van der Waals surface area contributed by atoms with Crippen molar-refractivity contribution >= 4 is 22.5 Å². The van der Waals surface area contributed by atoms with Crippen LogP contribution in [0.1, 0.15) is 11.3 Å². The molecule has 0 radical (unpaired) electrons. The van der Waals surface area contributed by atoms with E-state index in [0.717, 1.165) is 28.7 Å². The van der Waals surface area contributed by atoms with Crippen molar-refractivity contribution in [1.29, 1.82) is 5.26 Å². The van der Waals surface area contributed by atoms with Crippen molar-refractivity contribution in [2.24, 2.45) is 0 Å². The number of aryl methyl sites for hydroxylation is 1. The molecule has 0 fully saturated rings. The highest BCUT2D eigenvalue weighted by molar-refractivity contribution is 6.36. The van der Waals surface area contributed by atoms with Gasteiger partial charge in [0.15, 0.2) is 11.6 Å². The summed E-state index contributed by atoms with van der Waals surface area (Å²) in [7, 11) is 0. The molecule has 0 unspecified atom stereocenters. The molecule has 1 heterocycles. The zero-order chi connectivity index (χ0) is 17.3. The molecule has 0 bridgehead atoms. The van der Waals surface area contributed by atoms with E-state index >= 15 is 0 Å². The van der Waals surface area contributed by atoms with E-state index in [-0.39, 0.29) is 12.4 Å². The fourth-order valence-electron chi connectivity index (χ4n) is 2.65. The van der Waals surface area contributed by atoms with Gasteiger partial charge in [-0.2, -0.15) is 5.26 Å². The SMILES string of the molecule is Cc1cc2c(Cl)c(C#N)ccc2n1CCOc1ccc(F)cc1F. The maximum Gasteiger partial charge on any atom is 0.167 e. The lowest BCUT2D eigenvalue weighted by Crippen LogP contribution is -2.10. The minimum Gasteiger partial charge on any atom is -0.489 e. The molecule has 3 aromatic rings. The maximum atomic E-state index is 13.6. The Hall–Kier alpha value is -2.58. The van der Waals surface area contributed by atoms with Crippen LogP contribution in [0.4, 0.5) is 8.78 Å². The highest BCUT2D eigenvalue weighted by atomic mass is 35.5. The lowest BCUT2D eigenvalue weighted by atomic mass is 10.2. The molecular formula is C18H13ClF2N2O. The molecule has 0 saturated carbocycles. The third-order valence-electron chi connectivity index (χ3n) is 3.81. The summed E-state index contributed by atoms with van der Waals surface area (Å²) >= 11 is 6.24. The van der Waals surface area contributed by atoms with Gasteiger partial charge in [0.2, 0.25) is 0 Å². The number of nitriles is 1.